The van der Waals surface area contributed by atoms with Crippen molar-refractivity contribution in [2.75, 3.05) is 26.2 Å². The average Bonchev–Trinajstić information content (AvgIpc) is 2.47. The third kappa shape index (κ3) is 3.35. The van der Waals surface area contributed by atoms with Crippen molar-refractivity contribution in [1.82, 2.24) is 10.6 Å². The van der Waals surface area contributed by atoms with Gasteiger partial charge in [-0.3, -0.25) is 0 Å². The molecule has 2 heterocycles. The molecule has 0 aliphatic carbocycles. The maximum atomic E-state index is 6.43. The van der Waals surface area contributed by atoms with Crippen LogP contribution in [0.2, 0.25) is 0 Å². The van der Waals surface area contributed by atoms with Gasteiger partial charge in [-0.1, -0.05) is 30.3 Å². The third-order valence-electron chi connectivity index (χ3n) is 4.35. The lowest BCUT2D eigenvalue weighted by Gasteiger charge is -2.44. The Labute approximate surface area is 115 Å². The highest BCUT2D eigenvalue weighted by molar-refractivity contribution is 5.14. The summed E-state index contributed by atoms with van der Waals surface area (Å²) in [6, 6.07) is 10.7. The number of morpholine rings is 1. The third-order valence-corrected chi connectivity index (χ3v) is 4.35. The van der Waals surface area contributed by atoms with E-state index in [4.69, 9.17) is 4.74 Å². The highest BCUT2D eigenvalue weighted by Crippen LogP contribution is 2.28. The van der Waals surface area contributed by atoms with Crippen LogP contribution in [0.5, 0.6) is 0 Å². The van der Waals surface area contributed by atoms with Crippen LogP contribution in [-0.2, 0) is 11.2 Å². The molecular weight excluding hydrogens is 236 g/mol. The van der Waals surface area contributed by atoms with Crippen LogP contribution in [0.3, 0.4) is 0 Å². The minimum absolute atomic E-state index is 0.102. The van der Waals surface area contributed by atoms with Gasteiger partial charge in [-0.05, 0) is 44.3 Å². The molecule has 1 aromatic rings. The predicted octanol–water partition coefficient (Wildman–Crippen LogP) is 1.73. The lowest BCUT2D eigenvalue weighted by atomic mass is 9.90. The molecule has 2 aliphatic rings. The van der Waals surface area contributed by atoms with Crippen LogP contribution < -0.4 is 10.6 Å². The molecule has 2 saturated heterocycles. The summed E-state index contributed by atoms with van der Waals surface area (Å²) in [4.78, 5) is 0. The van der Waals surface area contributed by atoms with Crippen LogP contribution in [-0.4, -0.2) is 37.9 Å². The number of ether oxygens (including phenoxy) is 1. The van der Waals surface area contributed by atoms with Gasteiger partial charge in [-0.25, -0.2) is 0 Å². The van der Waals surface area contributed by atoms with E-state index in [9.17, 15) is 0 Å². The Bertz CT molecular complexity index is 381. The maximum absolute atomic E-state index is 6.43. The van der Waals surface area contributed by atoms with Crippen molar-refractivity contribution >= 4 is 0 Å². The van der Waals surface area contributed by atoms with Crippen LogP contribution in [0, 0.1) is 0 Å². The van der Waals surface area contributed by atoms with Crippen molar-refractivity contribution < 1.29 is 4.74 Å². The van der Waals surface area contributed by atoms with Gasteiger partial charge in [-0.2, -0.15) is 0 Å². The molecule has 0 aromatic heterocycles. The zero-order valence-corrected chi connectivity index (χ0v) is 11.5. The first kappa shape index (κ1) is 13.1. The first-order valence-corrected chi connectivity index (χ1v) is 7.50. The fourth-order valence-corrected chi connectivity index (χ4v) is 3.21. The fraction of sp³-hybridized carbons (Fsp3) is 0.625. The van der Waals surface area contributed by atoms with Crippen molar-refractivity contribution in [3.05, 3.63) is 35.9 Å². The number of rotatable bonds is 3. The summed E-state index contributed by atoms with van der Waals surface area (Å²) in [5, 5.41) is 7.00. The van der Waals surface area contributed by atoms with Crippen molar-refractivity contribution in [2.24, 2.45) is 0 Å². The molecule has 1 aromatic carbocycles. The molecule has 2 N–H and O–H groups in total. The molecule has 2 aliphatic heterocycles. The lowest BCUT2D eigenvalue weighted by Crippen LogP contribution is -2.57. The maximum Gasteiger partial charge on any atom is 0.0834 e. The van der Waals surface area contributed by atoms with E-state index in [0.717, 1.165) is 51.9 Å². The number of benzene rings is 1. The zero-order valence-electron chi connectivity index (χ0n) is 11.5. The Morgan fingerprint density at radius 2 is 1.89 bits per heavy atom. The Morgan fingerprint density at radius 3 is 2.68 bits per heavy atom. The molecule has 3 heteroatoms. The molecule has 0 bridgehead atoms. The predicted molar refractivity (Wildman–Crippen MR) is 77.3 cm³/mol. The van der Waals surface area contributed by atoms with Crippen LogP contribution in [0.25, 0.3) is 0 Å². The van der Waals surface area contributed by atoms with E-state index in [1.54, 1.807) is 0 Å². The number of hydrogen-bond acceptors (Lipinski definition) is 3. The fourth-order valence-electron chi connectivity index (χ4n) is 3.21. The van der Waals surface area contributed by atoms with Crippen molar-refractivity contribution in [2.45, 2.75) is 37.4 Å². The summed E-state index contributed by atoms with van der Waals surface area (Å²) >= 11 is 0. The van der Waals surface area contributed by atoms with E-state index >= 15 is 0 Å². The van der Waals surface area contributed by atoms with Gasteiger partial charge in [0.05, 0.1) is 11.7 Å². The molecule has 0 amide bonds. The van der Waals surface area contributed by atoms with E-state index in [1.807, 2.05) is 0 Å². The van der Waals surface area contributed by atoms with Crippen LogP contribution in [0.4, 0.5) is 0 Å². The molecule has 19 heavy (non-hydrogen) atoms. The molecule has 1 atom stereocenters. The van der Waals surface area contributed by atoms with Gasteiger partial charge in [-0.15, -0.1) is 0 Å². The summed E-state index contributed by atoms with van der Waals surface area (Å²) in [6.07, 6.45) is 4.88. The highest BCUT2D eigenvalue weighted by atomic mass is 16.5. The Morgan fingerprint density at radius 1 is 1.11 bits per heavy atom. The summed E-state index contributed by atoms with van der Waals surface area (Å²) in [5.41, 5.74) is 1.52. The molecule has 0 radical (unpaired) electrons. The number of aryl methyl sites for hydroxylation is 1. The van der Waals surface area contributed by atoms with Gasteiger partial charge in [0.1, 0.15) is 0 Å². The quantitative estimate of drug-likeness (QED) is 0.868. The van der Waals surface area contributed by atoms with Crippen LogP contribution >= 0.6 is 0 Å². The number of piperidine rings is 1. The van der Waals surface area contributed by atoms with Gasteiger partial charge >= 0.3 is 0 Å². The number of hydrogen-bond donors (Lipinski definition) is 2. The minimum Gasteiger partial charge on any atom is -0.369 e. The summed E-state index contributed by atoms with van der Waals surface area (Å²) < 4.78 is 6.43. The topological polar surface area (TPSA) is 33.3 Å². The average molecular weight is 260 g/mol. The lowest BCUT2D eigenvalue weighted by molar-refractivity contribution is -0.131. The van der Waals surface area contributed by atoms with Crippen molar-refractivity contribution in [3.8, 4) is 0 Å². The monoisotopic (exact) mass is 260 g/mol. The zero-order chi connectivity index (χ0) is 13.0. The molecule has 3 nitrogen and oxygen atoms in total. The molecule has 2 fully saturated rings. The van der Waals surface area contributed by atoms with Gasteiger partial charge in [0.15, 0.2) is 0 Å². The first-order chi connectivity index (χ1) is 9.36. The van der Waals surface area contributed by atoms with Gasteiger partial charge in [0.2, 0.25) is 0 Å². The summed E-state index contributed by atoms with van der Waals surface area (Å²) in [6.45, 7) is 4.21. The largest absolute Gasteiger partial charge is 0.369 e. The second kappa shape index (κ2) is 6.04. The first-order valence-electron chi connectivity index (χ1n) is 7.50. The van der Waals surface area contributed by atoms with Crippen LogP contribution in [0.15, 0.2) is 30.3 Å². The molecule has 0 saturated carbocycles. The summed E-state index contributed by atoms with van der Waals surface area (Å²) in [7, 11) is 0. The van der Waals surface area contributed by atoms with E-state index in [1.165, 1.54) is 5.56 Å². The minimum atomic E-state index is 0.102. The van der Waals surface area contributed by atoms with Gasteiger partial charge in [0, 0.05) is 13.1 Å². The van der Waals surface area contributed by atoms with Gasteiger partial charge < -0.3 is 15.4 Å². The Hall–Kier alpha value is -0.900. The second-order valence-corrected chi connectivity index (χ2v) is 5.83. The molecule has 104 valence electrons. The number of nitrogens with one attached hydrogen (secondary N) is 2. The van der Waals surface area contributed by atoms with Crippen molar-refractivity contribution in [1.29, 1.82) is 0 Å². The normalized spacial score (nSPS) is 26.4. The van der Waals surface area contributed by atoms with E-state index in [-0.39, 0.29) is 5.60 Å². The van der Waals surface area contributed by atoms with Crippen molar-refractivity contribution in [3.63, 3.8) is 0 Å². The second-order valence-electron chi connectivity index (χ2n) is 5.83. The van der Waals surface area contributed by atoms with E-state index in [0.29, 0.717) is 6.10 Å². The molecule has 1 spiro atoms. The van der Waals surface area contributed by atoms with Crippen LogP contribution in [0.1, 0.15) is 24.8 Å². The summed E-state index contributed by atoms with van der Waals surface area (Å²) in [5.74, 6) is 0. The van der Waals surface area contributed by atoms with E-state index < -0.39 is 0 Å². The SMILES string of the molecule is c1ccc(CCC2CNCC3(CCNCC3)O2)cc1. The Kier molecular flexibility index (Phi) is 4.16. The standard InChI is InChI=1S/C16H24N2O/c1-2-4-14(5-3-1)6-7-15-12-18-13-16(19-15)8-10-17-11-9-16/h1-5,15,17-18H,6-13H2. The smallest absolute Gasteiger partial charge is 0.0834 e. The highest BCUT2D eigenvalue weighted by Gasteiger charge is 2.37. The van der Waals surface area contributed by atoms with Gasteiger partial charge in [0.25, 0.3) is 0 Å². The molecule has 1 unspecified atom stereocenters. The van der Waals surface area contributed by atoms with E-state index in [2.05, 4.69) is 41.0 Å². The molecule has 3 rings (SSSR count). The Balaban J connectivity index is 1.53. The molecular formula is C16H24N2O.